The van der Waals surface area contributed by atoms with E-state index in [1.54, 1.807) is 0 Å². The number of aliphatic imine (C=N–C) groups is 1. The van der Waals surface area contributed by atoms with Gasteiger partial charge >= 0.3 is 0 Å². The highest BCUT2D eigenvalue weighted by Gasteiger charge is 2.22. The molecule has 0 fully saturated rings. The summed E-state index contributed by atoms with van der Waals surface area (Å²) < 4.78 is 0. The summed E-state index contributed by atoms with van der Waals surface area (Å²) in [6.45, 7) is 3.67. The van der Waals surface area contributed by atoms with Gasteiger partial charge in [-0.05, 0) is 37.1 Å². The topological polar surface area (TPSA) is 40.5 Å². The van der Waals surface area contributed by atoms with Gasteiger partial charge in [-0.25, -0.2) is 0 Å². The molecule has 0 spiro atoms. The number of rotatable bonds is 2. The van der Waals surface area contributed by atoms with Crippen LogP contribution in [0.25, 0.3) is 0 Å². The highest BCUT2D eigenvalue weighted by molar-refractivity contribution is 5.97. The number of guanidine groups is 1. The molecular formula is C17H20N4. The Labute approximate surface area is 125 Å². The van der Waals surface area contributed by atoms with Crippen molar-refractivity contribution >= 4 is 11.6 Å². The number of hydrogen-bond donors (Lipinski definition) is 1. The van der Waals surface area contributed by atoms with Crippen LogP contribution >= 0.6 is 0 Å². The molecule has 2 heterocycles. The van der Waals surface area contributed by atoms with Gasteiger partial charge in [-0.3, -0.25) is 9.98 Å². The van der Waals surface area contributed by atoms with E-state index in [1.165, 1.54) is 11.3 Å². The number of benzene rings is 1. The first kappa shape index (κ1) is 13.6. The van der Waals surface area contributed by atoms with Crippen molar-refractivity contribution in [1.82, 2.24) is 10.3 Å². The summed E-state index contributed by atoms with van der Waals surface area (Å²) in [5.74, 6) is 0.906. The third-order valence-corrected chi connectivity index (χ3v) is 3.73. The lowest BCUT2D eigenvalue weighted by Gasteiger charge is -2.22. The second kappa shape index (κ2) is 5.95. The number of anilines is 1. The average molecular weight is 280 g/mol. The first-order chi connectivity index (χ1) is 10.3. The van der Waals surface area contributed by atoms with Crippen molar-refractivity contribution in [1.29, 1.82) is 0 Å². The van der Waals surface area contributed by atoms with E-state index in [4.69, 9.17) is 0 Å². The minimum Gasteiger partial charge on any atom is -0.350 e. The van der Waals surface area contributed by atoms with Crippen LogP contribution < -0.4 is 10.2 Å². The number of para-hydroxylation sites is 1. The molecule has 3 rings (SSSR count). The largest absolute Gasteiger partial charge is 0.350 e. The van der Waals surface area contributed by atoms with Gasteiger partial charge in [0.2, 0.25) is 0 Å². The van der Waals surface area contributed by atoms with Crippen molar-refractivity contribution in [2.24, 2.45) is 4.99 Å². The smallest absolute Gasteiger partial charge is 0.198 e. The van der Waals surface area contributed by atoms with Crippen LogP contribution in [0.5, 0.6) is 0 Å². The zero-order valence-electron chi connectivity index (χ0n) is 12.5. The molecule has 1 aliphatic heterocycles. The molecular weight excluding hydrogens is 260 g/mol. The first-order valence-corrected chi connectivity index (χ1v) is 7.26. The summed E-state index contributed by atoms with van der Waals surface area (Å²) in [7, 11) is 1.83. The van der Waals surface area contributed by atoms with Crippen LogP contribution in [0.2, 0.25) is 0 Å². The molecule has 1 aliphatic rings. The highest BCUT2D eigenvalue weighted by atomic mass is 15.3. The van der Waals surface area contributed by atoms with Crippen molar-refractivity contribution in [2.45, 2.75) is 19.9 Å². The van der Waals surface area contributed by atoms with Crippen LogP contribution in [-0.2, 0) is 13.0 Å². The summed E-state index contributed by atoms with van der Waals surface area (Å²) in [5, 5.41) is 3.41. The van der Waals surface area contributed by atoms with Gasteiger partial charge in [0.05, 0.1) is 12.2 Å². The molecule has 4 heteroatoms. The Hall–Kier alpha value is -2.36. The molecule has 1 N–H and O–H groups in total. The molecule has 0 aliphatic carbocycles. The van der Waals surface area contributed by atoms with E-state index in [0.29, 0.717) is 6.54 Å². The fourth-order valence-corrected chi connectivity index (χ4v) is 2.72. The molecule has 0 bridgehead atoms. The molecule has 2 aromatic rings. The molecule has 21 heavy (non-hydrogen) atoms. The molecule has 0 amide bonds. The van der Waals surface area contributed by atoms with Gasteiger partial charge in [0, 0.05) is 25.0 Å². The predicted octanol–water partition coefficient (Wildman–Crippen LogP) is 2.53. The number of aryl methyl sites for hydroxylation is 1. The van der Waals surface area contributed by atoms with Crippen LogP contribution in [0.15, 0.2) is 47.5 Å². The average Bonchev–Trinajstić information content (AvgIpc) is 2.92. The quantitative estimate of drug-likeness (QED) is 0.679. The Morgan fingerprint density at radius 1 is 1.24 bits per heavy atom. The van der Waals surface area contributed by atoms with Gasteiger partial charge in [0.1, 0.15) is 0 Å². The third-order valence-electron chi connectivity index (χ3n) is 3.73. The fourth-order valence-electron chi connectivity index (χ4n) is 2.72. The second-order valence-electron chi connectivity index (χ2n) is 5.20. The summed E-state index contributed by atoms with van der Waals surface area (Å²) in [6.07, 6.45) is 1.07. The van der Waals surface area contributed by atoms with Crippen molar-refractivity contribution < 1.29 is 0 Å². The van der Waals surface area contributed by atoms with E-state index in [-0.39, 0.29) is 0 Å². The zero-order valence-corrected chi connectivity index (χ0v) is 12.5. The minimum absolute atomic E-state index is 0.688. The van der Waals surface area contributed by atoms with E-state index in [2.05, 4.69) is 44.5 Å². The third kappa shape index (κ3) is 2.89. The Balaban J connectivity index is 1.73. The summed E-state index contributed by atoms with van der Waals surface area (Å²) in [4.78, 5) is 11.2. The molecule has 1 aromatic carbocycles. The second-order valence-corrected chi connectivity index (χ2v) is 5.20. The molecule has 108 valence electrons. The molecule has 0 radical (unpaired) electrons. The molecule has 0 saturated carbocycles. The monoisotopic (exact) mass is 280 g/mol. The normalized spacial score (nSPS) is 14.2. The van der Waals surface area contributed by atoms with Crippen LogP contribution in [0.4, 0.5) is 5.69 Å². The van der Waals surface area contributed by atoms with Crippen LogP contribution in [-0.4, -0.2) is 24.5 Å². The Kier molecular flexibility index (Phi) is 3.86. The Morgan fingerprint density at radius 3 is 2.90 bits per heavy atom. The maximum atomic E-state index is 4.51. The lowest BCUT2D eigenvalue weighted by atomic mass is 10.2. The number of hydrogen-bond acceptors (Lipinski definition) is 2. The SMILES string of the molecule is CN=C(NCc1cccc(C)n1)N1CCc2ccccc21. The van der Waals surface area contributed by atoms with Gasteiger partial charge in [-0.15, -0.1) is 0 Å². The van der Waals surface area contributed by atoms with Gasteiger partial charge in [0.15, 0.2) is 5.96 Å². The lowest BCUT2D eigenvalue weighted by molar-refractivity contribution is 0.835. The standard InChI is InChI=1S/C17H20N4/c1-13-6-5-8-15(20-13)12-19-17(18-2)21-11-10-14-7-3-4-9-16(14)21/h3-9H,10-12H2,1-2H3,(H,18,19). The summed E-state index contributed by atoms with van der Waals surface area (Å²) in [5.41, 5.74) is 4.70. The van der Waals surface area contributed by atoms with Gasteiger partial charge in [0.25, 0.3) is 0 Å². The molecule has 4 nitrogen and oxygen atoms in total. The number of aromatic nitrogens is 1. The number of pyridine rings is 1. The lowest BCUT2D eigenvalue weighted by Crippen LogP contribution is -2.40. The first-order valence-electron chi connectivity index (χ1n) is 7.26. The molecule has 0 saturated heterocycles. The van der Waals surface area contributed by atoms with E-state index in [9.17, 15) is 0 Å². The van der Waals surface area contributed by atoms with Crippen molar-refractivity contribution in [3.05, 3.63) is 59.4 Å². The zero-order chi connectivity index (χ0) is 14.7. The van der Waals surface area contributed by atoms with Crippen molar-refractivity contribution in [3.8, 4) is 0 Å². The minimum atomic E-state index is 0.688. The molecule has 0 atom stereocenters. The Bertz CT molecular complexity index is 663. The van der Waals surface area contributed by atoms with Crippen LogP contribution in [0, 0.1) is 6.92 Å². The van der Waals surface area contributed by atoms with Crippen LogP contribution in [0.1, 0.15) is 17.0 Å². The van der Waals surface area contributed by atoms with E-state index >= 15 is 0 Å². The number of fused-ring (bicyclic) bond motifs is 1. The van der Waals surface area contributed by atoms with E-state index in [1.807, 2.05) is 32.2 Å². The van der Waals surface area contributed by atoms with Gasteiger partial charge in [-0.1, -0.05) is 24.3 Å². The van der Waals surface area contributed by atoms with Gasteiger partial charge in [-0.2, -0.15) is 0 Å². The van der Waals surface area contributed by atoms with Crippen LogP contribution in [0.3, 0.4) is 0 Å². The van der Waals surface area contributed by atoms with Crippen molar-refractivity contribution in [3.63, 3.8) is 0 Å². The van der Waals surface area contributed by atoms with Crippen molar-refractivity contribution in [2.75, 3.05) is 18.5 Å². The maximum absolute atomic E-state index is 4.51. The fraction of sp³-hybridized carbons (Fsp3) is 0.294. The van der Waals surface area contributed by atoms with E-state index < -0.39 is 0 Å². The summed E-state index contributed by atoms with van der Waals surface area (Å²) in [6, 6.07) is 14.6. The number of nitrogens with zero attached hydrogens (tertiary/aromatic N) is 3. The molecule has 0 unspecified atom stereocenters. The Morgan fingerprint density at radius 2 is 2.10 bits per heavy atom. The predicted molar refractivity (Wildman–Crippen MR) is 86.7 cm³/mol. The van der Waals surface area contributed by atoms with E-state index in [0.717, 1.165) is 30.3 Å². The van der Waals surface area contributed by atoms with Gasteiger partial charge < -0.3 is 10.2 Å². The number of nitrogens with one attached hydrogen (secondary N) is 1. The highest BCUT2D eigenvalue weighted by Crippen LogP contribution is 2.27. The molecule has 1 aromatic heterocycles. The summed E-state index contributed by atoms with van der Waals surface area (Å²) >= 11 is 0. The maximum Gasteiger partial charge on any atom is 0.198 e.